The SMILES string of the molecule is CCNC(=NCC(c1cccs1)N1CCOCC1)N1CCN(C(=O)c2ccco2)CC1. The summed E-state index contributed by atoms with van der Waals surface area (Å²) in [5.74, 6) is 1.28. The Balaban J connectivity index is 1.41. The van der Waals surface area contributed by atoms with Crippen LogP contribution in [0.2, 0.25) is 0 Å². The summed E-state index contributed by atoms with van der Waals surface area (Å²) >= 11 is 1.79. The standard InChI is InChI=1S/C22H31N5O3S/c1-2-23-22(27-9-7-26(8-10-27)21(28)19-5-3-13-30-19)24-17-18(20-6-4-16-31-20)25-11-14-29-15-12-25/h3-6,13,16,18H,2,7-12,14-15,17H2,1H3,(H,23,24). The number of thiophene rings is 1. The van der Waals surface area contributed by atoms with E-state index in [2.05, 4.69) is 39.6 Å². The zero-order valence-corrected chi connectivity index (χ0v) is 18.9. The fourth-order valence-electron chi connectivity index (χ4n) is 4.03. The van der Waals surface area contributed by atoms with Crippen molar-refractivity contribution in [2.45, 2.75) is 13.0 Å². The lowest BCUT2D eigenvalue weighted by Crippen LogP contribution is -2.54. The van der Waals surface area contributed by atoms with Crippen LogP contribution in [0.4, 0.5) is 0 Å². The van der Waals surface area contributed by atoms with Crippen molar-refractivity contribution in [1.29, 1.82) is 0 Å². The number of piperazine rings is 1. The molecule has 2 aromatic heterocycles. The zero-order chi connectivity index (χ0) is 21.5. The largest absolute Gasteiger partial charge is 0.459 e. The zero-order valence-electron chi connectivity index (χ0n) is 18.0. The summed E-state index contributed by atoms with van der Waals surface area (Å²) in [6, 6.07) is 8.04. The van der Waals surface area contributed by atoms with Gasteiger partial charge >= 0.3 is 0 Å². The van der Waals surface area contributed by atoms with Crippen LogP contribution in [0.25, 0.3) is 0 Å². The Morgan fingerprint density at radius 3 is 2.55 bits per heavy atom. The van der Waals surface area contributed by atoms with E-state index in [1.54, 1.807) is 23.5 Å². The van der Waals surface area contributed by atoms with Gasteiger partial charge in [-0.25, -0.2) is 0 Å². The Morgan fingerprint density at radius 2 is 1.90 bits per heavy atom. The van der Waals surface area contributed by atoms with Crippen molar-refractivity contribution >= 4 is 23.2 Å². The van der Waals surface area contributed by atoms with E-state index >= 15 is 0 Å². The molecule has 8 nitrogen and oxygen atoms in total. The summed E-state index contributed by atoms with van der Waals surface area (Å²) < 4.78 is 10.8. The first-order valence-corrected chi connectivity index (χ1v) is 11.9. The molecule has 0 saturated carbocycles. The summed E-state index contributed by atoms with van der Waals surface area (Å²) in [6.07, 6.45) is 1.54. The van der Waals surface area contributed by atoms with Gasteiger partial charge in [-0.15, -0.1) is 11.3 Å². The minimum atomic E-state index is -0.0448. The number of aliphatic imine (C=N–C) groups is 1. The maximum absolute atomic E-state index is 12.5. The van der Waals surface area contributed by atoms with Crippen molar-refractivity contribution in [2.75, 3.05) is 65.6 Å². The third kappa shape index (κ3) is 5.47. The van der Waals surface area contributed by atoms with Crippen molar-refractivity contribution in [3.8, 4) is 0 Å². The lowest BCUT2D eigenvalue weighted by Gasteiger charge is -2.37. The van der Waals surface area contributed by atoms with Gasteiger partial charge < -0.3 is 24.3 Å². The summed E-state index contributed by atoms with van der Waals surface area (Å²) in [5.41, 5.74) is 0. The van der Waals surface area contributed by atoms with Gasteiger partial charge in [0.1, 0.15) is 0 Å². The molecule has 4 rings (SSSR count). The maximum Gasteiger partial charge on any atom is 0.289 e. The monoisotopic (exact) mass is 445 g/mol. The fraction of sp³-hybridized carbons (Fsp3) is 0.545. The topological polar surface area (TPSA) is 73.6 Å². The van der Waals surface area contributed by atoms with E-state index in [1.807, 2.05) is 4.90 Å². The number of ether oxygens (including phenoxy) is 1. The summed E-state index contributed by atoms with van der Waals surface area (Å²) in [4.78, 5) is 25.5. The summed E-state index contributed by atoms with van der Waals surface area (Å²) in [6.45, 7) is 9.83. The van der Waals surface area contributed by atoms with E-state index in [9.17, 15) is 4.79 Å². The summed E-state index contributed by atoms with van der Waals surface area (Å²) in [5, 5.41) is 5.57. The molecule has 1 N–H and O–H groups in total. The van der Waals surface area contributed by atoms with Crippen LogP contribution < -0.4 is 5.32 Å². The van der Waals surface area contributed by atoms with Gasteiger partial charge in [-0.1, -0.05) is 6.07 Å². The van der Waals surface area contributed by atoms with Gasteiger partial charge in [-0.05, 0) is 30.5 Å². The molecule has 0 radical (unpaired) electrons. The van der Waals surface area contributed by atoms with E-state index in [1.165, 1.54) is 11.1 Å². The number of hydrogen-bond acceptors (Lipinski definition) is 6. The Hall–Kier alpha value is -2.36. The van der Waals surface area contributed by atoms with Gasteiger partial charge in [0, 0.05) is 50.7 Å². The highest BCUT2D eigenvalue weighted by atomic mass is 32.1. The van der Waals surface area contributed by atoms with Crippen LogP contribution in [0, 0.1) is 0 Å². The minimum Gasteiger partial charge on any atom is -0.459 e. The summed E-state index contributed by atoms with van der Waals surface area (Å²) in [7, 11) is 0. The molecule has 1 atom stereocenters. The van der Waals surface area contributed by atoms with Crippen molar-refractivity contribution in [3.63, 3.8) is 0 Å². The molecule has 31 heavy (non-hydrogen) atoms. The third-order valence-corrected chi connectivity index (χ3v) is 6.68. The number of carbonyl (C=O) groups is 1. The number of furan rings is 1. The van der Waals surface area contributed by atoms with Gasteiger partial charge in [0.25, 0.3) is 5.91 Å². The molecule has 1 amide bonds. The molecule has 2 aromatic rings. The van der Waals surface area contributed by atoms with Crippen molar-refractivity contribution in [2.24, 2.45) is 4.99 Å². The average Bonchev–Trinajstić information content (AvgIpc) is 3.54. The number of nitrogens with one attached hydrogen (secondary N) is 1. The minimum absolute atomic E-state index is 0.0448. The van der Waals surface area contributed by atoms with Crippen LogP contribution in [0.15, 0.2) is 45.3 Å². The highest BCUT2D eigenvalue weighted by Crippen LogP contribution is 2.26. The predicted octanol–water partition coefficient (Wildman–Crippen LogP) is 2.14. The molecule has 1 unspecified atom stereocenters. The third-order valence-electron chi connectivity index (χ3n) is 5.71. The lowest BCUT2D eigenvalue weighted by molar-refractivity contribution is 0.0186. The molecule has 2 aliphatic rings. The van der Waals surface area contributed by atoms with Gasteiger partial charge in [0.05, 0.1) is 32.1 Å². The number of guanidine groups is 1. The number of carbonyl (C=O) groups excluding carboxylic acids is 1. The molecule has 168 valence electrons. The van der Waals surface area contributed by atoms with E-state index in [4.69, 9.17) is 14.1 Å². The quantitative estimate of drug-likeness (QED) is 0.543. The molecule has 9 heteroatoms. The predicted molar refractivity (Wildman–Crippen MR) is 122 cm³/mol. The molecule has 0 aromatic carbocycles. The molecule has 2 fully saturated rings. The van der Waals surface area contributed by atoms with Gasteiger partial charge in [-0.2, -0.15) is 0 Å². The van der Waals surface area contributed by atoms with Crippen LogP contribution in [-0.2, 0) is 4.74 Å². The van der Waals surface area contributed by atoms with Crippen molar-refractivity contribution in [1.82, 2.24) is 20.0 Å². The smallest absolute Gasteiger partial charge is 0.289 e. The molecular weight excluding hydrogens is 414 g/mol. The molecule has 0 bridgehead atoms. The highest BCUT2D eigenvalue weighted by molar-refractivity contribution is 7.10. The van der Waals surface area contributed by atoms with E-state index in [-0.39, 0.29) is 11.9 Å². The maximum atomic E-state index is 12.5. The second-order valence-corrected chi connectivity index (χ2v) is 8.61. The van der Waals surface area contributed by atoms with Crippen molar-refractivity contribution in [3.05, 3.63) is 46.5 Å². The van der Waals surface area contributed by atoms with E-state index in [0.29, 0.717) is 25.4 Å². The number of hydrogen-bond donors (Lipinski definition) is 1. The molecular formula is C22H31N5O3S. The Bertz CT molecular complexity index is 825. The van der Waals surface area contributed by atoms with E-state index in [0.717, 1.165) is 51.9 Å². The molecule has 2 aliphatic heterocycles. The van der Waals surface area contributed by atoms with Gasteiger partial charge in [-0.3, -0.25) is 14.7 Å². The number of morpholine rings is 1. The Morgan fingerprint density at radius 1 is 1.13 bits per heavy atom. The Labute approximate surface area is 187 Å². The fourth-order valence-corrected chi connectivity index (χ4v) is 4.88. The normalized spacial score (nSPS) is 19.5. The molecule has 2 saturated heterocycles. The average molecular weight is 446 g/mol. The molecule has 0 spiro atoms. The lowest BCUT2D eigenvalue weighted by atomic mass is 10.2. The first-order chi connectivity index (χ1) is 15.3. The van der Waals surface area contributed by atoms with Crippen LogP contribution in [-0.4, -0.2) is 92.1 Å². The van der Waals surface area contributed by atoms with Gasteiger partial charge in [0.2, 0.25) is 0 Å². The second-order valence-electron chi connectivity index (χ2n) is 7.63. The number of nitrogens with zero attached hydrogens (tertiary/aromatic N) is 4. The highest BCUT2D eigenvalue weighted by Gasteiger charge is 2.27. The number of amides is 1. The Kier molecular flexibility index (Phi) is 7.61. The first kappa shape index (κ1) is 21.9. The van der Waals surface area contributed by atoms with E-state index < -0.39 is 0 Å². The molecule has 4 heterocycles. The van der Waals surface area contributed by atoms with Crippen LogP contribution in [0.5, 0.6) is 0 Å². The number of rotatable bonds is 6. The van der Waals surface area contributed by atoms with Crippen LogP contribution >= 0.6 is 11.3 Å². The first-order valence-electron chi connectivity index (χ1n) is 11.0. The van der Waals surface area contributed by atoms with Crippen LogP contribution in [0.3, 0.4) is 0 Å². The second kappa shape index (κ2) is 10.8. The van der Waals surface area contributed by atoms with Crippen LogP contribution in [0.1, 0.15) is 28.4 Å². The van der Waals surface area contributed by atoms with Crippen molar-refractivity contribution < 1.29 is 13.9 Å². The van der Waals surface area contributed by atoms with Gasteiger partial charge in [0.15, 0.2) is 11.7 Å². The molecule has 0 aliphatic carbocycles.